The van der Waals surface area contributed by atoms with E-state index in [9.17, 15) is 9.59 Å². The van der Waals surface area contributed by atoms with Crippen LogP contribution in [0.1, 0.15) is 28.9 Å². The highest BCUT2D eigenvalue weighted by molar-refractivity contribution is 7.17. The van der Waals surface area contributed by atoms with Crippen LogP contribution in [0.15, 0.2) is 41.8 Å². The highest BCUT2D eigenvalue weighted by Gasteiger charge is 2.52. The second kappa shape index (κ2) is 5.45. The normalized spacial score (nSPS) is 22.4. The monoisotopic (exact) mass is 365 g/mol. The van der Waals surface area contributed by atoms with Crippen molar-refractivity contribution in [2.75, 3.05) is 25.0 Å². The third-order valence-electron chi connectivity index (χ3n) is 5.74. The summed E-state index contributed by atoms with van der Waals surface area (Å²) in [5.74, 6) is 0.0796. The van der Waals surface area contributed by atoms with Gasteiger partial charge in [-0.1, -0.05) is 18.2 Å². The molecule has 4 heterocycles. The van der Waals surface area contributed by atoms with Gasteiger partial charge in [0.05, 0.1) is 15.6 Å². The third kappa shape index (κ3) is 2.02. The molecule has 6 heteroatoms. The summed E-state index contributed by atoms with van der Waals surface area (Å²) in [4.78, 5) is 33.0. The molecule has 2 aliphatic heterocycles. The average molecular weight is 365 g/mol. The van der Waals surface area contributed by atoms with E-state index in [4.69, 9.17) is 0 Å². The second-order valence-corrected chi connectivity index (χ2v) is 8.12. The number of piperidine rings is 1. The number of anilines is 1. The first-order valence-electron chi connectivity index (χ1n) is 8.83. The van der Waals surface area contributed by atoms with Gasteiger partial charge in [0, 0.05) is 25.8 Å². The summed E-state index contributed by atoms with van der Waals surface area (Å²) in [6.45, 7) is 1.13. The Bertz CT molecular complexity index is 1010. The van der Waals surface area contributed by atoms with Crippen LogP contribution in [-0.4, -0.2) is 41.8 Å². The lowest BCUT2D eigenvalue weighted by molar-refractivity contribution is -0.124. The number of likely N-dealkylation sites (tertiary alicyclic amines) is 1. The number of hydrogen-bond acceptors (Lipinski definition) is 3. The van der Waals surface area contributed by atoms with Gasteiger partial charge < -0.3 is 14.8 Å². The summed E-state index contributed by atoms with van der Waals surface area (Å²) in [6, 6.07) is 11.9. The Morgan fingerprint density at radius 2 is 2.12 bits per heavy atom. The molecule has 1 fully saturated rings. The molecule has 132 valence electrons. The van der Waals surface area contributed by atoms with Crippen LogP contribution in [-0.2, 0) is 10.2 Å². The molecule has 2 amide bonds. The number of para-hydroxylation sites is 1. The Hall–Kier alpha value is -2.60. The minimum Gasteiger partial charge on any atom is -0.350 e. The van der Waals surface area contributed by atoms with E-state index >= 15 is 0 Å². The summed E-state index contributed by atoms with van der Waals surface area (Å²) in [6.07, 6.45) is 1.62. The zero-order valence-electron chi connectivity index (χ0n) is 14.5. The number of aromatic amines is 1. The maximum absolute atomic E-state index is 13.1. The van der Waals surface area contributed by atoms with Crippen LogP contribution in [0.25, 0.3) is 10.2 Å². The molecule has 1 spiro atoms. The molecule has 26 heavy (non-hydrogen) atoms. The topological polar surface area (TPSA) is 56.4 Å². The number of benzene rings is 1. The number of nitrogens with one attached hydrogen (secondary N) is 1. The number of aromatic nitrogens is 1. The maximum Gasteiger partial charge on any atom is 0.270 e. The lowest BCUT2D eigenvalue weighted by Crippen LogP contribution is -2.53. The number of carbonyl (C=O) groups is 2. The number of nitrogens with zero attached hydrogens (tertiary/aromatic N) is 2. The number of rotatable bonds is 1. The molecule has 2 aromatic heterocycles. The molecule has 1 saturated heterocycles. The quantitative estimate of drug-likeness (QED) is 0.719. The largest absolute Gasteiger partial charge is 0.350 e. The van der Waals surface area contributed by atoms with Crippen LogP contribution in [0.3, 0.4) is 0 Å². The van der Waals surface area contributed by atoms with Gasteiger partial charge in [0.25, 0.3) is 5.91 Å². The average Bonchev–Trinajstić information content (AvgIpc) is 3.32. The number of hydrogen-bond donors (Lipinski definition) is 1. The van der Waals surface area contributed by atoms with E-state index in [0.29, 0.717) is 18.8 Å². The van der Waals surface area contributed by atoms with Gasteiger partial charge >= 0.3 is 0 Å². The fourth-order valence-electron chi connectivity index (χ4n) is 4.47. The van der Waals surface area contributed by atoms with Gasteiger partial charge in [0.1, 0.15) is 5.69 Å². The van der Waals surface area contributed by atoms with E-state index in [1.807, 2.05) is 53.7 Å². The zero-order valence-corrected chi connectivity index (χ0v) is 15.3. The number of amides is 2. The van der Waals surface area contributed by atoms with Crippen molar-refractivity contribution in [1.29, 1.82) is 0 Å². The number of fused-ring (bicyclic) bond motifs is 3. The highest BCUT2D eigenvalue weighted by atomic mass is 32.1. The van der Waals surface area contributed by atoms with Crippen LogP contribution in [0.2, 0.25) is 0 Å². The molecule has 1 N–H and O–H groups in total. The predicted octanol–water partition coefficient (Wildman–Crippen LogP) is 3.38. The molecule has 1 aromatic carbocycles. The Morgan fingerprint density at radius 3 is 2.96 bits per heavy atom. The fraction of sp³-hybridized carbons (Fsp3) is 0.300. The molecule has 3 aromatic rings. The van der Waals surface area contributed by atoms with Crippen molar-refractivity contribution < 1.29 is 9.59 Å². The first-order chi connectivity index (χ1) is 12.6. The van der Waals surface area contributed by atoms with Gasteiger partial charge in [-0.15, -0.1) is 11.3 Å². The summed E-state index contributed by atoms with van der Waals surface area (Å²) in [5.41, 5.74) is 3.01. The van der Waals surface area contributed by atoms with Gasteiger partial charge in [0.15, 0.2) is 0 Å². The smallest absolute Gasteiger partial charge is 0.270 e. The van der Waals surface area contributed by atoms with Crippen molar-refractivity contribution in [2.45, 2.75) is 18.3 Å². The highest BCUT2D eigenvalue weighted by Crippen LogP contribution is 2.46. The molecular formula is C20H19N3O2S. The molecule has 0 bridgehead atoms. The van der Waals surface area contributed by atoms with Crippen LogP contribution in [0.5, 0.6) is 0 Å². The van der Waals surface area contributed by atoms with Crippen molar-refractivity contribution in [1.82, 2.24) is 9.88 Å². The van der Waals surface area contributed by atoms with Gasteiger partial charge in [-0.3, -0.25) is 9.59 Å². The van der Waals surface area contributed by atoms with Crippen molar-refractivity contribution in [3.8, 4) is 0 Å². The van der Waals surface area contributed by atoms with Crippen LogP contribution in [0, 0.1) is 0 Å². The van der Waals surface area contributed by atoms with Crippen molar-refractivity contribution in [2.24, 2.45) is 0 Å². The van der Waals surface area contributed by atoms with E-state index in [2.05, 4.69) is 4.98 Å². The molecule has 5 rings (SSSR count). The molecular weight excluding hydrogens is 346 g/mol. The van der Waals surface area contributed by atoms with E-state index in [-0.39, 0.29) is 11.8 Å². The van der Waals surface area contributed by atoms with E-state index in [1.54, 1.807) is 16.2 Å². The summed E-state index contributed by atoms with van der Waals surface area (Å²) in [7, 11) is 1.83. The molecule has 1 atom stereocenters. The van der Waals surface area contributed by atoms with Crippen molar-refractivity contribution in [3.05, 3.63) is 53.0 Å². The summed E-state index contributed by atoms with van der Waals surface area (Å²) >= 11 is 1.62. The lowest BCUT2D eigenvalue weighted by atomic mass is 9.75. The zero-order chi connectivity index (χ0) is 17.9. The van der Waals surface area contributed by atoms with Gasteiger partial charge in [-0.25, -0.2) is 0 Å². The van der Waals surface area contributed by atoms with E-state index in [0.717, 1.165) is 34.3 Å². The summed E-state index contributed by atoms with van der Waals surface area (Å²) < 4.78 is 1.09. The number of H-pyrrole nitrogens is 1. The first-order valence-corrected chi connectivity index (χ1v) is 9.71. The molecule has 0 unspecified atom stereocenters. The van der Waals surface area contributed by atoms with E-state index < -0.39 is 5.41 Å². The lowest BCUT2D eigenvalue weighted by Gasteiger charge is -2.39. The minimum absolute atomic E-state index is 0.0210. The van der Waals surface area contributed by atoms with Crippen molar-refractivity contribution >= 4 is 39.1 Å². The summed E-state index contributed by atoms with van der Waals surface area (Å²) in [5, 5.41) is 2.01. The Kier molecular flexibility index (Phi) is 3.28. The minimum atomic E-state index is -0.608. The Labute approximate surface area is 155 Å². The number of likely N-dealkylation sites (N-methyl/N-ethyl adjacent to an activating group) is 1. The number of thiophene rings is 1. The van der Waals surface area contributed by atoms with Gasteiger partial charge in [-0.2, -0.15) is 0 Å². The SMILES string of the molecule is CN1C(=O)[C@]2(CCCN(C(=O)c3cc4sccc4[nH]3)C2)c2ccccc21. The van der Waals surface area contributed by atoms with Crippen molar-refractivity contribution in [3.63, 3.8) is 0 Å². The van der Waals surface area contributed by atoms with Crippen LogP contribution in [0.4, 0.5) is 5.69 Å². The van der Waals surface area contributed by atoms with Gasteiger partial charge in [-0.05, 0) is 42.0 Å². The Balaban J connectivity index is 1.51. The maximum atomic E-state index is 13.1. The third-order valence-corrected chi connectivity index (χ3v) is 6.61. The standard InChI is InChI=1S/C20H19N3O2S/c1-22-16-6-3-2-5-13(16)20(19(22)25)8-4-9-23(12-20)18(24)15-11-17-14(21-15)7-10-26-17/h2-3,5-7,10-11,21H,4,8-9,12H2,1H3/t20-/m0/s1. The first kappa shape index (κ1) is 15.6. The second-order valence-electron chi connectivity index (χ2n) is 7.18. The van der Waals surface area contributed by atoms with Crippen LogP contribution >= 0.6 is 11.3 Å². The number of carbonyl (C=O) groups excluding carboxylic acids is 2. The van der Waals surface area contributed by atoms with E-state index in [1.165, 1.54) is 0 Å². The van der Waals surface area contributed by atoms with Crippen LogP contribution < -0.4 is 4.90 Å². The van der Waals surface area contributed by atoms with Gasteiger partial charge in [0.2, 0.25) is 5.91 Å². The molecule has 0 saturated carbocycles. The fourth-order valence-corrected chi connectivity index (χ4v) is 5.26. The molecule has 0 radical (unpaired) electrons. The molecule has 2 aliphatic rings. The predicted molar refractivity (Wildman–Crippen MR) is 103 cm³/mol. The molecule has 5 nitrogen and oxygen atoms in total. The molecule has 0 aliphatic carbocycles. The Morgan fingerprint density at radius 1 is 1.27 bits per heavy atom.